The lowest BCUT2D eigenvalue weighted by Gasteiger charge is -2.10. The fourth-order valence-corrected chi connectivity index (χ4v) is 3.82. The van der Waals surface area contributed by atoms with E-state index in [1.54, 1.807) is 18.9 Å². The summed E-state index contributed by atoms with van der Waals surface area (Å²) in [5, 5.41) is 11.9. The van der Waals surface area contributed by atoms with Crippen molar-refractivity contribution in [3.63, 3.8) is 0 Å². The third-order valence-electron chi connectivity index (χ3n) is 3.76. The van der Waals surface area contributed by atoms with Gasteiger partial charge in [-0.05, 0) is 30.6 Å². The van der Waals surface area contributed by atoms with Crippen LogP contribution in [0.5, 0.6) is 5.75 Å². The van der Waals surface area contributed by atoms with Crippen LogP contribution in [-0.2, 0) is 16.0 Å². The number of methoxy groups -OCH3 is 1. The number of aliphatic carboxylic acids is 1. The van der Waals surface area contributed by atoms with E-state index < -0.39 is 11.9 Å². The summed E-state index contributed by atoms with van der Waals surface area (Å²) in [5.41, 5.74) is 1.56. The minimum absolute atomic E-state index is 0.0530. The minimum Gasteiger partial charge on any atom is -0.496 e. The number of carbonyl (C=O) groups excluding carboxylic acids is 1. The second-order valence-corrected chi connectivity index (χ2v) is 7.42. The lowest BCUT2D eigenvalue weighted by atomic mass is 9.98. The Balaban J connectivity index is 2.03. The molecule has 1 atom stereocenters. The molecule has 0 bridgehead atoms. The maximum atomic E-state index is 12.2. The molecule has 1 aromatic carbocycles. The third kappa shape index (κ3) is 5.57. The molecule has 0 aliphatic carbocycles. The quantitative estimate of drug-likeness (QED) is 0.677. The van der Waals surface area contributed by atoms with Gasteiger partial charge in [-0.3, -0.25) is 9.59 Å². The molecule has 2 aromatic rings. The SMILES string of the molecule is COc1ccccc1-c1nc(CC(=O)C[C@@H](CCSC)C(=O)O)cs1. The van der Waals surface area contributed by atoms with E-state index in [0.29, 0.717) is 12.1 Å². The van der Waals surface area contributed by atoms with Gasteiger partial charge in [-0.2, -0.15) is 11.8 Å². The molecule has 0 aliphatic heterocycles. The first-order valence-corrected chi connectivity index (χ1v) is 10.1. The number of Topliss-reactive ketones (excluding diaryl/α,β-unsaturated/α-hetero) is 1. The fourth-order valence-electron chi connectivity index (χ4n) is 2.46. The Hall–Kier alpha value is -1.86. The number of rotatable bonds is 10. The highest BCUT2D eigenvalue weighted by Crippen LogP contribution is 2.32. The maximum Gasteiger partial charge on any atom is 0.306 e. The Morgan fingerprint density at radius 1 is 1.36 bits per heavy atom. The molecular formula is C18H21NO4S2. The van der Waals surface area contributed by atoms with Crippen LogP contribution < -0.4 is 4.74 Å². The van der Waals surface area contributed by atoms with Crippen molar-refractivity contribution >= 4 is 34.9 Å². The van der Waals surface area contributed by atoms with Crippen molar-refractivity contribution in [2.45, 2.75) is 19.3 Å². The van der Waals surface area contributed by atoms with Gasteiger partial charge >= 0.3 is 5.97 Å². The molecule has 2 rings (SSSR count). The summed E-state index contributed by atoms with van der Waals surface area (Å²) in [6.07, 6.45) is 2.65. The predicted octanol–water partition coefficient (Wildman–Crippen LogP) is 3.77. The number of carboxylic acids is 1. The average molecular weight is 380 g/mol. The smallest absolute Gasteiger partial charge is 0.306 e. The van der Waals surface area contributed by atoms with Crippen molar-refractivity contribution in [3.05, 3.63) is 35.3 Å². The van der Waals surface area contributed by atoms with Gasteiger partial charge in [0.05, 0.1) is 24.3 Å². The molecule has 0 radical (unpaired) electrons. The normalized spacial score (nSPS) is 11.9. The number of ether oxygens (including phenoxy) is 1. The summed E-state index contributed by atoms with van der Waals surface area (Å²) in [4.78, 5) is 28.0. The summed E-state index contributed by atoms with van der Waals surface area (Å²) in [6.45, 7) is 0. The lowest BCUT2D eigenvalue weighted by Crippen LogP contribution is -2.19. The van der Waals surface area contributed by atoms with Crippen molar-refractivity contribution in [1.29, 1.82) is 0 Å². The summed E-state index contributed by atoms with van der Waals surface area (Å²) in [6, 6.07) is 7.59. The highest BCUT2D eigenvalue weighted by molar-refractivity contribution is 7.98. The van der Waals surface area contributed by atoms with Crippen molar-refractivity contribution in [1.82, 2.24) is 4.98 Å². The lowest BCUT2D eigenvalue weighted by molar-refractivity contribution is -0.143. The highest BCUT2D eigenvalue weighted by Gasteiger charge is 2.21. The van der Waals surface area contributed by atoms with Crippen LogP contribution in [0, 0.1) is 5.92 Å². The molecule has 5 nitrogen and oxygen atoms in total. The Morgan fingerprint density at radius 3 is 2.80 bits per heavy atom. The van der Waals surface area contributed by atoms with E-state index in [-0.39, 0.29) is 18.6 Å². The van der Waals surface area contributed by atoms with Crippen molar-refractivity contribution in [2.24, 2.45) is 5.92 Å². The molecule has 0 saturated heterocycles. The Labute approximate surface area is 155 Å². The molecule has 0 unspecified atom stereocenters. The predicted molar refractivity (Wildman–Crippen MR) is 102 cm³/mol. The highest BCUT2D eigenvalue weighted by atomic mass is 32.2. The standard InChI is InChI=1S/C18H21NO4S2/c1-23-16-6-4-3-5-15(16)17-19-13(11-25-17)10-14(20)9-12(18(21)22)7-8-24-2/h3-6,11-12H,7-10H2,1-2H3,(H,21,22)/t12-/m1/s1. The molecule has 1 N–H and O–H groups in total. The van der Waals surface area contributed by atoms with E-state index in [0.717, 1.165) is 22.1 Å². The number of thioether (sulfide) groups is 1. The van der Waals surface area contributed by atoms with Crippen LogP contribution in [0.1, 0.15) is 18.5 Å². The zero-order valence-electron chi connectivity index (χ0n) is 14.2. The topological polar surface area (TPSA) is 76.5 Å². The molecular weight excluding hydrogens is 358 g/mol. The van der Waals surface area contributed by atoms with Crippen molar-refractivity contribution < 1.29 is 19.4 Å². The summed E-state index contributed by atoms with van der Waals surface area (Å²) < 4.78 is 5.34. The zero-order chi connectivity index (χ0) is 18.2. The maximum absolute atomic E-state index is 12.2. The van der Waals surface area contributed by atoms with Crippen molar-refractivity contribution in [2.75, 3.05) is 19.1 Å². The second kappa shape index (κ2) is 9.58. The molecule has 0 amide bonds. The molecule has 25 heavy (non-hydrogen) atoms. The molecule has 0 saturated carbocycles. The van der Waals surface area contributed by atoms with Crippen LogP contribution in [0.15, 0.2) is 29.6 Å². The number of para-hydroxylation sites is 1. The van der Waals surface area contributed by atoms with E-state index in [2.05, 4.69) is 4.98 Å². The number of carbonyl (C=O) groups is 2. The van der Waals surface area contributed by atoms with Gasteiger partial charge in [0.2, 0.25) is 0 Å². The van der Waals surface area contributed by atoms with Crippen LogP contribution in [0.4, 0.5) is 0 Å². The third-order valence-corrected chi connectivity index (χ3v) is 5.33. The Bertz CT molecular complexity index is 729. The van der Waals surface area contributed by atoms with Gasteiger partial charge in [0.1, 0.15) is 16.5 Å². The van der Waals surface area contributed by atoms with Crippen LogP contribution >= 0.6 is 23.1 Å². The number of hydrogen-bond donors (Lipinski definition) is 1. The Morgan fingerprint density at radius 2 is 2.12 bits per heavy atom. The molecule has 0 aliphatic rings. The molecule has 1 heterocycles. The first-order valence-electron chi connectivity index (χ1n) is 7.86. The average Bonchev–Trinajstić information content (AvgIpc) is 3.06. The number of nitrogens with zero attached hydrogens (tertiary/aromatic N) is 1. The van der Waals surface area contributed by atoms with Gasteiger partial charge in [-0.25, -0.2) is 4.98 Å². The number of ketones is 1. The van der Waals surface area contributed by atoms with Gasteiger partial charge in [-0.1, -0.05) is 12.1 Å². The van der Waals surface area contributed by atoms with Crippen LogP contribution in [0.25, 0.3) is 10.6 Å². The van der Waals surface area contributed by atoms with Crippen LogP contribution in [0.3, 0.4) is 0 Å². The van der Waals surface area contributed by atoms with Crippen molar-refractivity contribution in [3.8, 4) is 16.3 Å². The number of hydrogen-bond acceptors (Lipinski definition) is 6. The summed E-state index contributed by atoms with van der Waals surface area (Å²) >= 11 is 3.04. The minimum atomic E-state index is -0.907. The number of thiazole rings is 1. The number of carboxylic acid groups (broad SMARTS) is 1. The molecule has 0 spiro atoms. The van der Waals surface area contributed by atoms with Crippen LogP contribution in [0.2, 0.25) is 0 Å². The number of aromatic nitrogens is 1. The van der Waals surface area contributed by atoms with Gasteiger partial charge in [-0.15, -0.1) is 11.3 Å². The van der Waals surface area contributed by atoms with E-state index in [9.17, 15) is 14.7 Å². The largest absolute Gasteiger partial charge is 0.496 e. The van der Waals surface area contributed by atoms with E-state index in [1.807, 2.05) is 35.9 Å². The molecule has 7 heteroatoms. The van der Waals surface area contributed by atoms with Crippen LogP contribution in [-0.4, -0.2) is 41.0 Å². The molecule has 1 aromatic heterocycles. The van der Waals surface area contributed by atoms with Gasteiger partial charge in [0, 0.05) is 18.2 Å². The first-order chi connectivity index (χ1) is 12.0. The van der Waals surface area contributed by atoms with Gasteiger partial charge in [0.25, 0.3) is 0 Å². The monoisotopic (exact) mass is 379 g/mol. The number of benzene rings is 1. The van der Waals surface area contributed by atoms with E-state index in [4.69, 9.17) is 4.74 Å². The summed E-state index contributed by atoms with van der Waals surface area (Å²) in [7, 11) is 1.61. The molecule has 0 fully saturated rings. The first kappa shape index (κ1) is 19.5. The van der Waals surface area contributed by atoms with E-state index in [1.165, 1.54) is 11.3 Å². The zero-order valence-corrected chi connectivity index (χ0v) is 15.9. The van der Waals surface area contributed by atoms with Gasteiger partial charge in [0.15, 0.2) is 0 Å². The second-order valence-electron chi connectivity index (χ2n) is 5.58. The van der Waals surface area contributed by atoms with Gasteiger partial charge < -0.3 is 9.84 Å². The Kier molecular flexibility index (Phi) is 7.46. The fraction of sp³-hybridized carbons (Fsp3) is 0.389. The molecule has 134 valence electrons. The van der Waals surface area contributed by atoms with E-state index >= 15 is 0 Å². The summed E-state index contributed by atoms with van der Waals surface area (Å²) in [5.74, 6) is -0.149.